The molecule has 0 spiro atoms. The van der Waals surface area contributed by atoms with Crippen LogP contribution in [0.2, 0.25) is 5.28 Å². The fourth-order valence-electron chi connectivity index (χ4n) is 1.69. The van der Waals surface area contributed by atoms with E-state index >= 15 is 0 Å². The van der Waals surface area contributed by atoms with Crippen LogP contribution in [0.4, 0.5) is 10.2 Å². The van der Waals surface area contributed by atoms with Crippen molar-refractivity contribution >= 4 is 17.4 Å². The molecule has 1 aromatic carbocycles. The van der Waals surface area contributed by atoms with Gasteiger partial charge in [0.05, 0.1) is 17.8 Å². The van der Waals surface area contributed by atoms with Crippen LogP contribution in [0.15, 0.2) is 30.5 Å². The summed E-state index contributed by atoms with van der Waals surface area (Å²) in [6.45, 7) is 0.416. The predicted octanol–water partition coefficient (Wildman–Crippen LogP) is 2.78. The molecule has 0 aliphatic heterocycles. The summed E-state index contributed by atoms with van der Waals surface area (Å²) >= 11 is 5.65. The summed E-state index contributed by atoms with van der Waals surface area (Å²) in [5.74, 6) is -0.411. The van der Waals surface area contributed by atoms with E-state index in [0.717, 1.165) is 11.8 Å². The van der Waals surface area contributed by atoms with Gasteiger partial charge in [-0.1, -0.05) is 12.1 Å². The van der Waals surface area contributed by atoms with Crippen molar-refractivity contribution in [3.63, 3.8) is 0 Å². The molecule has 0 saturated carbocycles. The van der Waals surface area contributed by atoms with Gasteiger partial charge in [-0.2, -0.15) is 10.2 Å². The molecular weight excluding hydrogens is 267 g/mol. The highest BCUT2D eigenvalue weighted by Gasteiger charge is 2.11. The fourth-order valence-corrected chi connectivity index (χ4v) is 1.82. The van der Waals surface area contributed by atoms with Crippen molar-refractivity contribution in [2.24, 2.45) is 0 Å². The Morgan fingerprint density at radius 2 is 2.26 bits per heavy atom. The van der Waals surface area contributed by atoms with Crippen molar-refractivity contribution in [2.75, 3.05) is 11.9 Å². The summed E-state index contributed by atoms with van der Waals surface area (Å²) in [5.41, 5.74) is 1.45. The number of hydrogen-bond donors (Lipinski definition) is 0. The van der Waals surface area contributed by atoms with Crippen LogP contribution in [0, 0.1) is 17.1 Å². The maximum Gasteiger partial charge on any atom is 0.224 e. The molecular formula is C13H10ClFN4. The van der Waals surface area contributed by atoms with Crippen molar-refractivity contribution in [1.29, 1.82) is 5.26 Å². The first-order valence-corrected chi connectivity index (χ1v) is 5.86. The van der Waals surface area contributed by atoms with E-state index in [1.54, 1.807) is 30.1 Å². The molecule has 0 unspecified atom stereocenters. The van der Waals surface area contributed by atoms with E-state index in [0.29, 0.717) is 12.1 Å². The molecule has 0 N–H and O–H groups in total. The Morgan fingerprint density at radius 3 is 3.00 bits per heavy atom. The van der Waals surface area contributed by atoms with Gasteiger partial charge in [0.25, 0.3) is 0 Å². The Hall–Kier alpha value is -2.19. The van der Waals surface area contributed by atoms with Crippen LogP contribution < -0.4 is 4.90 Å². The second-order valence-electron chi connectivity index (χ2n) is 3.98. The second kappa shape index (κ2) is 5.63. The minimum atomic E-state index is -0.539. The van der Waals surface area contributed by atoms with E-state index in [2.05, 4.69) is 16.0 Å². The topological polar surface area (TPSA) is 52.8 Å². The molecule has 2 aromatic rings. The summed E-state index contributed by atoms with van der Waals surface area (Å²) < 4.78 is 13.6. The number of nitrogens with zero attached hydrogens (tertiary/aromatic N) is 4. The largest absolute Gasteiger partial charge is 0.353 e. The molecule has 0 bridgehead atoms. The Morgan fingerprint density at radius 1 is 1.47 bits per heavy atom. The monoisotopic (exact) mass is 276 g/mol. The number of aromatic nitrogens is 2. The summed E-state index contributed by atoms with van der Waals surface area (Å²) in [5, 5.41) is 8.83. The van der Waals surface area contributed by atoms with Crippen LogP contribution in [0.5, 0.6) is 0 Å². The Bertz CT molecular complexity index is 639. The van der Waals surface area contributed by atoms with Crippen LogP contribution in [0.3, 0.4) is 0 Å². The van der Waals surface area contributed by atoms with Gasteiger partial charge in [-0.15, -0.1) is 0 Å². The molecule has 0 aliphatic carbocycles. The molecule has 1 heterocycles. The van der Waals surface area contributed by atoms with Gasteiger partial charge in [-0.05, 0) is 29.3 Å². The molecule has 0 aliphatic rings. The third-order valence-electron chi connectivity index (χ3n) is 2.53. The van der Waals surface area contributed by atoms with Crippen molar-refractivity contribution in [3.05, 3.63) is 52.7 Å². The number of rotatable bonds is 3. The second-order valence-corrected chi connectivity index (χ2v) is 4.32. The third kappa shape index (κ3) is 3.18. The maximum absolute atomic E-state index is 13.6. The lowest BCUT2D eigenvalue weighted by atomic mass is 10.1. The zero-order valence-corrected chi connectivity index (χ0v) is 10.9. The average molecular weight is 277 g/mol. The molecule has 0 amide bonds. The van der Waals surface area contributed by atoms with Gasteiger partial charge < -0.3 is 4.90 Å². The number of halogens is 2. The number of hydrogen-bond acceptors (Lipinski definition) is 4. The van der Waals surface area contributed by atoms with Gasteiger partial charge in [-0.25, -0.2) is 9.37 Å². The summed E-state index contributed by atoms with van der Waals surface area (Å²) in [6.07, 6.45) is 1.03. The van der Waals surface area contributed by atoms with Gasteiger partial charge in [0.15, 0.2) is 11.6 Å². The van der Waals surface area contributed by atoms with E-state index in [1.807, 2.05) is 6.07 Å². The number of anilines is 1. The van der Waals surface area contributed by atoms with Crippen LogP contribution in [-0.4, -0.2) is 17.0 Å². The molecule has 0 saturated heterocycles. The number of nitriles is 1. The first kappa shape index (κ1) is 13.2. The molecule has 0 atom stereocenters. The zero-order valence-electron chi connectivity index (χ0n) is 10.1. The van der Waals surface area contributed by atoms with Gasteiger partial charge in [0.2, 0.25) is 5.28 Å². The zero-order chi connectivity index (χ0) is 13.8. The van der Waals surface area contributed by atoms with E-state index in [1.165, 1.54) is 0 Å². The maximum atomic E-state index is 13.6. The molecule has 0 radical (unpaired) electrons. The molecule has 0 fully saturated rings. The first-order chi connectivity index (χ1) is 9.10. The highest BCUT2D eigenvalue weighted by Crippen LogP contribution is 2.18. The smallest absolute Gasteiger partial charge is 0.224 e. The van der Waals surface area contributed by atoms with Crippen molar-refractivity contribution in [1.82, 2.24) is 9.97 Å². The van der Waals surface area contributed by atoms with Crippen LogP contribution in [-0.2, 0) is 6.54 Å². The predicted molar refractivity (Wildman–Crippen MR) is 70.3 cm³/mol. The third-order valence-corrected chi connectivity index (χ3v) is 2.72. The summed E-state index contributed by atoms with van der Waals surface area (Å²) in [6, 6.07) is 9.16. The van der Waals surface area contributed by atoms with Crippen LogP contribution >= 0.6 is 11.6 Å². The lowest BCUT2D eigenvalue weighted by Gasteiger charge is -2.18. The molecule has 1 aromatic heterocycles. The van der Waals surface area contributed by atoms with Crippen molar-refractivity contribution in [3.8, 4) is 6.07 Å². The van der Waals surface area contributed by atoms with Crippen molar-refractivity contribution < 1.29 is 4.39 Å². The highest BCUT2D eigenvalue weighted by atomic mass is 35.5. The molecule has 4 nitrogen and oxygen atoms in total. The quantitative estimate of drug-likeness (QED) is 0.809. The van der Waals surface area contributed by atoms with Crippen molar-refractivity contribution in [2.45, 2.75) is 6.54 Å². The fraction of sp³-hybridized carbons (Fsp3) is 0.154. The van der Waals surface area contributed by atoms with E-state index in [-0.39, 0.29) is 11.1 Å². The molecule has 96 valence electrons. The van der Waals surface area contributed by atoms with Gasteiger partial charge in [0, 0.05) is 13.6 Å². The SMILES string of the molecule is CN(Cc1cccc(C#N)c1)c1nc(Cl)ncc1F. The first-order valence-electron chi connectivity index (χ1n) is 5.48. The average Bonchev–Trinajstić information content (AvgIpc) is 2.41. The molecule has 6 heteroatoms. The standard InChI is InChI=1S/C13H10ClFN4/c1-19(12-11(15)7-17-13(14)18-12)8-10-4-2-3-9(5-10)6-16/h2-5,7H,8H2,1H3. The lowest BCUT2D eigenvalue weighted by molar-refractivity contribution is 0.607. The van der Waals surface area contributed by atoms with E-state index in [4.69, 9.17) is 16.9 Å². The minimum Gasteiger partial charge on any atom is -0.353 e. The lowest BCUT2D eigenvalue weighted by Crippen LogP contribution is -2.19. The molecule has 19 heavy (non-hydrogen) atoms. The number of benzene rings is 1. The van der Waals surface area contributed by atoms with E-state index < -0.39 is 5.82 Å². The minimum absolute atomic E-state index is 0.00553. The normalized spacial score (nSPS) is 10.0. The Kier molecular flexibility index (Phi) is 3.93. The Balaban J connectivity index is 2.23. The highest BCUT2D eigenvalue weighted by molar-refractivity contribution is 6.28. The Labute approximate surface area is 115 Å². The summed E-state index contributed by atoms with van der Waals surface area (Å²) in [7, 11) is 1.70. The summed E-state index contributed by atoms with van der Waals surface area (Å²) in [4.78, 5) is 9.03. The van der Waals surface area contributed by atoms with Gasteiger partial charge in [0.1, 0.15) is 0 Å². The van der Waals surface area contributed by atoms with Crippen LogP contribution in [0.25, 0.3) is 0 Å². The molecule has 2 rings (SSSR count). The van der Waals surface area contributed by atoms with Gasteiger partial charge in [-0.3, -0.25) is 0 Å². The van der Waals surface area contributed by atoms with Gasteiger partial charge >= 0.3 is 0 Å². The van der Waals surface area contributed by atoms with Crippen LogP contribution in [0.1, 0.15) is 11.1 Å². The van der Waals surface area contributed by atoms with E-state index in [9.17, 15) is 4.39 Å².